The maximum absolute atomic E-state index is 8.97. The third kappa shape index (κ3) is 2.69. The fraction of sp³-hybridized carbons (Fsp3) is 0.400. The average molecular weight is 259 g/mol. The van der Waals surface area contributed by atoms with E-state index in [0.717, 1.165) is 31.6 Å². The van der Waals surface area contributed by atoms with Gasteiger partial charge in [-0.25, -0.2) is 4.98 Å². The molecule has 1 aliphatic heterocycles. The van der Waals surface area contributed by atoms with Gasteiger partial charge in [0, 0.05) is 18.8 Å². The molecule has 0 amide bonds. The van der Waals surface area contributed by atoms with E-state index in [2.05, 4.69) is 17.1 Å². The van der Waals surface area contributed by atoms with Crippen molar-refractivity contribution in [1.29, 1.82) is 0 Å². The SMILES string of the molecule is OCc1cnc(-c2ccc(C3CCOCC3)cc2)o1. The van der Waals surface area contributed by atoms with E-state index in [4.69, 9.17) is 14.3 Å². The topological polar surface area (TPSA) is 55.5 Å². The molecule has 2 heterocycles. The van der Waals surface area contributed by atoms with Crippen molar-refractivity contribution < 1.29 is 14.3 Å². The first-order valence-corrected chi connectivity index (χ1v) is 6.60. The van der Waals surface area contributed by atoms with Gasteiger partial charge in [-0.15, -0.1) is 0 Å². The minimum atomic E-state index is -0.118. The molecule has 0 aliphatic carbocycles. The van der Waals surface area contributed by atoms with Crippen molar-refractivity contribution in [2.45, 2.75) is 25.4 Å². The fourth-order valence-electron chi connectivity index (χ4n) is 2.44. The van der Waals surface area contributed by atoms with E-state index >= 15 is 0 Å². The molecular formula is C15H17NO3. The van der Waals surface area contributed by atoms with Crippen LogP contribution in [-0.4, -0.2) is 23.3 Å². The number of aliphatic hydroxyl groups is 1. The van der Waals surface area contributed by atoms with Crippen molar-refractivity contribution in [3.8, 4) is 11.5 Å². The summed E-state index contributed by atoms with van der Waals surface area (Å²) in [5, 5.41) is 8.97. The van der Waals surface area contributed by atoms with Crippen LogP contribution in [0.4, 0.5) is 0 Å². The molecule has 0 radical (unpaired) electrons. The van der Waals surface area contributed by atoms with Crippen molar-refractivity contribution in [1.82, 2.24) is 4.98 Å². The average Bonchev–Trinajstić information content (AvgIpc) is 2.97. The summed E-state index contributed by atoms with van der Waals surface area (Å²) in [4.78, 5) is 4.15. The molecule has 19 heavy (non-hydrogen) atoms. The molecule has 0 saturated carbocycles. The highest BCUT2D eigenvalue weighted by Crippen LogP contribution is 2.28. The molecule has 0 spiro atoms. The molecule has 1 N–H and O–H groups in total. The van der Waals surface area contributed by atoms with Gasteiger partial charge in [0.25, 0.3) is 0 Å². The van der Waals surface area contributed by atoms with E-state index in [9.17, 15) is 0 Å². The predicted octanol–water partition coefficient (Wildman–Crippen LogP) is 2.73. The number of rotatable bonds is 3. The number of oxazole rings is 1. The highest BCUT2D eigenvalue weighted by atomic mass is 16.5. The first-order chi connectivity index (χ1) is 9.36. The lowest BCUT2D eigenvalue weighted by Crippen LogP contribution is -2.13. The van der Waals surface area contributed by atoms with Crippen LogP contribution in [0.1, 0.15) is 30.1 Å². The highest BCUT2D eigenvalue weighted by Gasteiger charge is 2.16. The molecule has 1 fully saturated rings. The van der Waals surface area contributed by atoms with Gasteiger partial charge in [-0.2, -0.15) is 0 Å². The first kappa shape index (κ1) is 12.4. The number of aromatic nitrogens is 1. The summed E-state index contributed by atoms with van der Waals surface area (Å²) >= 11 is 0. The van der Waals surface area contributed by atoms with E-state index < -0.39 is 0 Å². The van der Waals surface area contributed by atoms with Crippen LogP contribution in [-0.2, 0) is 11.3 Å². The largest absolute Gasteiger partial charge is 0.439 e. The lowest BCUT2D eigenvalue weighted by molar-refractivity contribution is 0.0853. The van der Waals surface area contributed by atoms with E-state index in [0.29, 0.717) is 17.6 Å². The maximum Gasteiger partial charge on any atom is 0.226 e. The molecule has 1 aliphatic rings. The third-order valence-electron chi connectivity index (χ3n) is 3.56. The number of benzene rings is 1. The Morgan fingerprint density at radius 2 is 1.89 bits per heavy atom. The second-order valence-corrected chi connectivity index (χ2v) is 4.80. The van der Waals surface area contributed by atoms with E-state index in [1.165, 1.54) is 5.56 Å². The summed E-state index contributed by atoms with van der Waals surface area (Å²) in [5.74, 6) is 1.64. The van der Waals surface area contributed by atoms with Crippen molar-refractivity contribution in [2.75, 3.05) is 13.2 Å². The Hall–Kier alpha value is -1.65. The van der Waals surface area contributed by atoms with Gasteiger partial charge < -0.3 is 14.3 Å². The van der Waals surface area contributed by atoms with Crippen LogP contribution in [0.5, 0.6) is 0 Å². The van der Waals surface area contributed by atoms with E-state index in [1.54, 1.807) is 6.20 Å². The molecule has 0 bridgehead atoms. The zero-order valence-corrected chi connectivity index (χ0v) is 10.7. The standard InChI is InChI=1S/C15H17NO3/c17-10-14-9-16-15(19-14)13-3-1-11(2-4-13)12-5-7-18-8-6-12/h1-4,9,12,17H,5-8,10H2. The number of nitrogens with zero attached hydrogens (tertiary/aromatic N) is 1. The lowest BCUT2D eigenvalue weighted by atomic mass is 9.91. The molecule has 1 aromatic heterocycles. The van der Waals surface area contributed by atoms with Crippen LogP contribution in [0.15, 0.2) is 34.9 Å². The van der Waals surface area contributed by atoms with Crippen molar-refractivity contribution in [3.63, 3.8) is 0 Å². The molecule has 2 aromatic rings. The van der Waals surface area contributed by atoms with Gasteiger partial charge in [-0.3, -0.25) is 0 Å². The van der Waals surface area contributed by atoms with Crippen molar-refractivity contribution >= 4 is 0 Å². The Morgan fingerprint density at radius 3 is 2.53 bits per heavy atom. The molecular weight excluding hydrogens is 242 g/mol. The van der Waals surface area contributed by atoms with Gasteiger partial charge in [0.15, 0.2) is 0 Å². The molecule has 3 rings (SSSR count). The Morgan fingerprint density at radius 1 is 1.16 bits per heavy atom. The number of hydrogen-bond acceptors (Lipinski definition) is 4. The van der Waals surface area contributed by atoms with Gasteiger partial charge in [0.1, 0.15) is 12.4 Å². The Kier molecular flexibility index (Phi) is 3.62. The second kappa shape index (κ2) is 5.55. The normalized spacial score (nSPS) is 16.7. The molecule has 1 aromatic carbocycles. The quantitative estimate of drug-likeness (QED) is 0.920. The Labute approximate surface area is 112 Å². The summed E-state index contributed by atoms with van der Waals surface area (Å²) in [5.41, 5.74) is 2.29. The van der Waals surface area contributed by atoms with Crippen molar-refractivity contribution in [2.24, 2.45) is 0 Å². The predicted molar refractivity (Wildman–Crippen MR) is 70.7 cm³/mol. The number of aliphatic hydroxyl groups excluding tert-OH is 1. The highest BCUT2D eigenvalue weighted by molar-refractivity contribution is 5.53. The second-order valence-electron chi connectivity index (χ2n) is 4.80. The van der Waals surface area contributed by atoms with Gasteiger partial charge in [0.2, 0.25) is 5.89 Å². The van der Waals surface area contributed by atoms with E-state index in [-0.39, 0.29) is 6.61 Å². The zero-order chi connectivity index (χ0) is 13.1. The van der Waals surface area contributed by atoms with Crippen LogP contribution in [0, 0.1) is 0 Å². The number of ether oxygens (including phenoxy) is 1. The van der Waals surface area contributed by atoms with Gasteiger partial charge in [-0.05, 0) is 36.5 Å². The molecule has 1 saturated heterocycles. The van der Waals surface area contributed by atoms with Crippen LogP contribution in [0.3, 0.4) is 0 Å². The Balaban J connectivity index is 1.78. The zero-order valence-electron chi connectivity index (χ0n) is 10.7. The third-order valence-corrected chi connectivity index (χ3v) is 3.56. The van der Waals surface area contributed by atoms with E-state index in [1.807, 2.05) is 12.1 Å². The van der Waals surface area contributed by atoms with Crippen LogP contribution in [0.2, 0.25) is 0 Å². The summed E-state index contributed by atoms with van der Waals surface area (Å²) < 4.78 is 10.8. The first-order valence-electron chi connectivity index (χ1n) is 6.60. The van der Waals surface area contributed by atoms with Crippen molar-refractivity contribution in [3.05, 3.63) is 41.8 Å². The fourth-order valence-corrected chi connectivity index (χ4v) is 2.44. The number of hydrogen-bond donors (Lipinski definition) is 1. The maximum atomic E-state index is 8.97. The molecule has 4 nitrogen and oxygen atoms in total. The van der Waals surface area contributed by atoms with Crippen LogP contribution < -0.4 is 0 Å². The van der Waals surface area contributed by atoms with Gasteiger partial charge in [0.05, 0.1) is 6.20 Å². The monoisotopic (exact) mass is 259 g/mol. The van der Waals surface area contributed by atoms with Crippen LogP contribution in [0.25, 0.3) is 11.5 Å². The minimum Gasteiger partial charge on any atom is -0.439 e. The molecule has 0 atom stereocenters. The minimum absolute atomic E-state index is 0.118. The Bertz CT molecular complexity index is 527. The summed E-state index contributed by atoms with van der Waals surface area (Å²) in [6.45, 7) is 1.59. The summed E-state index contributed by atoms with van der Waals surface area (Å²) in [6.07, 6.45) is 3.74. The smallest absolute Gasteiger partial charge is 0.226 e. The van der Waals surface area contributed by atoms with Crippen LogP contribution >= 0.6 is 0 Å². The molecule has 0 unspecified atom stereocenters. The lowest BCUT2D eigenvalue weighted by Gasteiger charge is -2.22. The van der Waals surface area contributed by atoms with Gasteiger partial charge in [-0.1, -0.05) is 12.1 Å². The summed E-state index contributed by atoms with van der Waals surface area (Å²) in [6, 6.07) is 8.32. The summed E-state index contributed by atoms with van der Waals surface area (Å²) in [7, 11) is 0. The molecule has 4 heteroatoms. The van der Waals surface area contributed by atoms with Gasteiger partial charge >= 0.3 is 0 Å². The molecule has 100 valence electrons.